The van der Waals surface area contributed by atoms with Gasteiger partial charge in [0.05, 0.1) is 0 Å². The van der Waals surface area contributed by atoms with Gasteiger partial charge in [-0.1, -0.05) is 55.5 Å². The number of benzene rings is 4. The average Bonchev–Trinajstić information content (AvgIpc) is 2.59. The smallest absolute Gasteiger partial charge is 0.310 e. The first-order valence-corrected chi connectivity index (χ1v) is 7.81. The van der Waals surface area contributed by atoms with E-state index >= 15 is 0 Å². The van der Waals surface area contributed by atoms with Crippen LogP contribution in [0.2, 0.25) is 0 Å². The molecule has 2 nitrogen and oxygen atoms in total. The summed E-state index contributed by atoms with van der Waals surface area (Å²) in [7, 11) is 0. The van der Waals surface area contributed by atoms with Crippen LogP contribution in [0, 0.1) is 0 Å². The van der Waals surface area contributed by atoms with Crippen molar-refractivity contribution in [3.8, 4) is 5.75 Å². The molecule has 0 saturated carbocycles. The van der Waals surface area contributed by atoms with E-state index in [-0.39, 0.29) is 5.97 Å². The fraction of sp³-hybridized carbons (Fsp3) is 0.0952. The first-order chi connectivity index (χ1) is 11.3. The van der Waals surface area contributed by atoms with Crippen molar-refractivity contribution in [3.63, 3.8) is 0 Å². The van der Waals surface area contributed by atoms with Gasteiger partial charge in [-0.25, -0.2) is 0 Å². The van der Waals surface area contributed by atoms with E-state index in [1.165, 1.54) is 10.8 Å². The van der Waals surface area contributed by atoms with Gasteiger partial charge in [0.2, 0.25) is 0 Å². The minimum atomic E-state index is -0.213. The van der Waals surface area contributed by atoms with Gasteiger partial charge in [0.1, 0.15) is 5.75 Å². The van der Waals surface area contributed by atoms with Crippen molar-refractivity contribution in [2.45, 2.75) is 13.3 Å². The largest absolute Gasteiger partial charge is 0.426 e. The summed E-state index contributed by atoms with van der Waals surface area (Å²) >= 11 is 0. The molecule has 0 fully saturated rings. The molecule has 0 N–H and O–H groups in total. The average molecular weight is 300 g/mol. The van der Waals surface area contributed by atoms with Crippen LogP contribution in [0.1, 0.15) is 13.3 Å². The lowest BCUT2D eigenvalue weighted by Crippen LogP contribution is -2.05. The lowest BCUT2D eigenvalue weighted by atomic mass is 9.98. The summed E-state index contributed by atoms with van der Waals surface area (Å²) in [6.45, 7) is 1.80. The van der Waals surface area contributed by atoms with Gasteiger partial charge in [0.15, 0.2) is 0 Å². The third kappa shape index (κ3) is 2.33. The summed E-state index contributed by atoms with van der Waals surface area (Å²) in [6, 6.07) is 22.7. The molecule has 0 unspecified atom stereocenters. The predicted octanol–water partition coefficient (Wildman–Crippen LogP) is 5.46. The van der Waals surface area contributed by atoms with E-state index in [0.29, 0.717) is 12.2 Å². The highest BCUT2D eigenvalue weighted by molar-refractivity contribution is 6.14. The minimum absolute atomic E-state index is 0.213. The molecule has 0 spiro atoms. The lowest BCUT2D eigenvalue weighted by Gasteiger charge is -2.11. The van der Waals surface area contributed by atoms with Crippen molar-refractivity contribution < 1.29 is 9.53 Å². The molecule has 0 bridgehead atoms. The third-order valence-electron chi connectivity index (χ3n) is 4.20. The Bertz CT molecular complexity index is 1050. The van der Waals surface area contributed by atoms with Crippen LogP contribution in [0.4, 0.5) is 0 Å². The van der Waals surface area contributed by atoms with Crippen molar-refractivity contribution in [2.24, 2.45) is 0 Å². The zero-order valence-electron chi connectivity index (χ0n) is 12.9. The second-order valence-corrected chi connectivity index (χ2v) is 5.67. The third-order valence-corrected chi connectivity index (χ3v) is 4.20. The molecule has 0 aliphatic carbocycles. The molecule has 0 amide bonds. The predicted molar refractivity (Wildman–Crippen MR) is 94.9 cm³/mol. The summed E-state index contributed by atoms with van der Waals surface area (Å²) in [5.41, 5.74) is 0. The summed E-state index contributed by atoms with van der Waals surface area (Å²) in [6.07, 6.45) is 0.365. The number of fused-ring (bicyclic) bond motifs is 4. The second-order valence-electron chi connectivity index (χ2n) is 5.67. The zero-order valence-corrected chi connectivity index (χ0v) is 12.9. The highest BCUT2D eigenvalue weighted by atomic mass is 16.5. The number of rotatable bonds is 2. The summed E-state index contributed by atoms with van der Waals surface area (Å²) in [5, 5.41) is 6.73. The molecule has 0 aliphatic heterocycles. The van der Waals surface area contributed by atoms with Gasteiger partial charge in [0, 0.05) is 11.8 Å². The van der Waals surface area contributed by atoms with Gasteiger partial charge < -0.3 is 4.74 Å². The molecule has 0 aliphatic rings. The SMILES string of the molecule is CCC(=O)Oc1cccc2ccc3cc4ccccc4cc3c12. The number of esters is 1. The molecule has 112 valence electrons. The summed E-state index contributed by atoms with van der Waals surface area (Å²) in [5.74, 6) is 0.422. The molecule has 0 saturated heterocycles. The molecule has 23 heavy (non-hydrogen) atoms. The minimum Gasteiger partial charge on any atom is -0.426 e. The van der Waals surface area contributed by atoms with Crippen molar-refractivity contribution >= 4 is 38.3 Å². The molecular weight excluding hydrogens is 284 g/mol. The van der Waals surface area contributed by atoms with Gasteiger partial charge >= 0.3 is 5.97 Å². The van der Waals surface area contributed by atoms with Crippen molar-refractivity contribution in [3.05, 3.63) is 66.7 Å². The molecular formula is C21H16O2. The first kappa shape index (κ1) is 13.8. The number of ether oxygens (including phenoxy) is 1. The number of carbonyl (C=O) groups excluding carboxylic acids is 1. The van der Waals surface area contributed by atoms with E-state index in [4.69, 9.17) is 4.74 Å². The van der Waals surface area contributed by atoms with Gasteiger partial charge in [-0.05, 0) is 45.1 Å². The van der Waals surface area contributed by atoms with Gasteiger partial charge in [-0.3, -0.25) is 4.79 Å². The Morgan fingerprint density at radius 2 is 1.52 bits per heavy atom. The highest BCUT2D eigenvalue weighted by Crippen LogP contribution is 2.35. The lowest BCUT2D eigenvalue weighted by molar-refractivity contribution is -0.133. The molecule has 4 aromatic carbocycles. The van der Waals surface area contributed by atoms with Crippen molar-refractivity contribution in [1.82, 2.24) is 0 Å². The molecule has 4 aromatic rings. The van der Waals surface area contributed by atoms with Gasteiger partial charge in [0.25, 0.3) is 0 Å². The molecule has 0 atom stereocenters. The zero-order chi connectivity index (χ0) is 15.8. The molecule has 2 heteroatoms. The standard InChI is InChI=1S/C21H16O2/c1-2-20(22)23-19-9-5-8-14-10-11-17-12-15-6-3-4-7-16(15)13-18(17)21(14)19/h3-13H,2H2,1H3. The van der Waals surface area contributed by atoms with Crippen LogP contribution in [0.15, 0.2) is 66.7 Å². The van der Waals surface area contributed by atoms with Crippen molar-refractivity contribution in [2.75, 3.05) is 0 Å². The second kappa shape index (κ2) is 5.40. The van der Waals surface area contributed by atoms with E-state index in [1.54, 1.807) is 6.92 Å². The van der Waals surface area contributed by atoms with E-state index in [0.717, 1.165) is 21.5 Å². The van der Waals surface area contributed by atoms with Gasteiger partial charge in [-0.2, -0.15) is 0 Å². The topological polar surface area (TPSA) is 26.3 Å². The maximum absolute atomic E-state index is 11.8. The van der Waals surface area contributed by atoms with Crippen LogP contribution in [0.5, 0.6) is 5.75 Å². The van der Waals surface area contributed by atoms with Crippen molar-refractivity contribution in [1.29, 1.82) is 0 Å². The van der Waals surface area contributed by atoms with Crippen LogP contribution < -0.4 is 4.74 Å². The number of hydrogen-bond donors (Lipinski definition) is 0. The summed E-state index contributed by atoms with van der Waals surface area (Å²) in [4.78, 5) is 11.8. The van der Waals surface area contributed by atoms with E-state index in [9.17, 15) is 4.79 Å². The fourth-order valence-electron chi connectivity index (χ4n) is 3.05. The Kier molecular flexibility index (Phi) is 3.23. The number of carbonyl (C=O) groups is 1. The molecule has 4 rings (SSSR count). The van der Waals surface area contributed by atoms with Crippen LogP contribution >= 0.6 is 0 Å². The van der Waals surface area contributed by atoms with Gasteiger partial charge in [-0.15, -0.1) is 0 Å². The monoisotopic (exact) mass is 300 g/mol. The van der Waals surface area contributed by atoms with E-state index in [2.05, 4.69) is 36.4 Å². The van der Waals surface area contributed by atoms with Crippen LogP contribution in [0.3, 0.4) is 0 Å². The fourth-order valence-corrected chi connectivity index (χ4v) is 3.05. The Morgan fingerprint density at radius 3 is 2.30 bits per heavy atom. The Morgan fingerprint density at radius 1 is 0.826 bits per heavy atom. The Hall–Kier alpha value is -2.87. The quantitative estimate of drug-likeness (QED) is 0.213. The Labute approximate surface area is 134 Å². The maximum Gasteiger partial charge on any atom is 0.310 e. The molecule has 0 heterocycles. The van der Waals surface area contributed by atoms with Crippen LogP contribution in [0.25, 0.3) is 32.3 Å². The summed E-state index contributed by atoms with van der Waals surface area (Å²) < 4.78 is 5.56. The van der Waals surface area contributed by atoms with Crippen LogP contribution in [-0.2, 0) is 4.79 Å². The molecule has 0 radical (unpaired) electrons. The van der Waals surface area contributed by atoms with E-state index in [1.807, 2.05) is 30.3 Å². The molecule has 0 aromatic heterocycles. The normalized spacial score (nSPS) is 11.2. The maximum atomic E-state index is 11.8. The Balaban J connectivity index is 2.09. The highest BCUT2D eigenvalue weighted by Gasteiger charge is 2.10. The first-order valence-electron chi connectivity index (χ1n) is 7.81. The van der Waals surface area contributed by atoms with E-state index < -0.39 is 0 Å². The van der Waals surface area contributed by atoms with Crippen LogP contribution in [-0.4, -0.2) is 5.97 Å². The number of hydrogen-bond acceptors (Lipinski definition) is 2.